The zero-order valence-electron chi connectivity index (χ0n) is 22.5. The first-order valence-corrected chi connectivity index (χ1v) is 13.6. The number of nitrogens with one attached hydrogen (secondary N) is 2. The van der Waals surface area contributed by atoms with Gasteiger partial charge in [-0.3, -0.25) is 14.6 Å². The highest BCUT2D eigenvalue weighted by Crippen LogP contribution is 2.27. The van der Waals surface area contributed by atoms with Gasteiger partial charge in [-0.1, -0.05) is 109 Å². The maximum atomic E-state index is 12.9. The maximum absolute atomic E-state index is 12.9. The van der Waals surface area contributed by atoms with Crippen LogP contribution in [0, 0.1) is 0 Å². The maximum Gasteiger partial charge on any atom is 0.305 e. The van der Waals surface area contributed by atoms with Gasteiger partial charge < -0.3 is 15.7 Å². The molecule has 1 unspecified atom stereocenters. The quantitative estimate of drug-likeness (QED) is 0.125. The molecule has 4 aromatic carbocycles. The summed E-state index contributed by atoms with van der Waals surface area (Å²) in [6.45, 7) is 1.65. The molecule has 1 atom stereocenters. The number of carbonyl (C=O) groups excluding carboxylic acids is 1. The van der Waals surface area contributed by atoms with Gasteiger partial charge in [0.05, 0.1) is 23.9 Å². The molecule has 0 aliphatic rings. The van der Waals surface area contributed by atoms with E-state index in [9.17, 15) is 14.7 Å². The minimum atomic E-state index is -0.926. The van der Waals surface area contributed by atoms with Crippen LogP contribution in [0.4, 0.5) is 5.69 Å². The van der Waals surface area contributed by atoms with E-state index in [1.165, 1.54) is 5.56 Å². The van der Waals surface area contributed by atoms with Gasteiger partial charge in [0, 0.05) is 24.1 Å². The third-order valence-electron chi connectivity index (χ3n) is 6.52. The summed E-state index contributed by atoms with van der Waals surface area (Å²) in [5.74, 6) is -0.988. The summed E-state index contributed by atoms with van der Waals surface area (Å²) in [5, 5.41) is 16.1. The molecule has 0 heterocycles. The van der Waals surface area contributed by atoms with Crippen molar-refractivity contribution in [1.82, 2.24) is 5.32 Å². The fraction of sp³-hybridized carbons (Fsp3) is 0.206. The van der Waals surface area contributed by atoms with E-state index in [1.807, 2.05) is 103 Å². The number of hydrogen-bond acceptors (Lipinski definition) is 4. The van der Waals surface area contributed by atoms with Crippen molar-refractivity contribution in [3.05, 3.63) is 138 Å². The molecule has 204 valence electrons. The number of carboxylic acid groups (broad SMARTS) is 1. The number of rotatable bonds is 14. The average molecular weight is 534 g/mol. The number of nitrogens with zero attached hydrogens (tertiary/aromatic N) is 1. The number of anilines is 1. The summed E-state index contributed by atoms with van der Waals surface area (Å²) in [6, 6.07) is 36.3. The highest BCUT2D eigenvalue weighted by atomic mass is 16.4. The van der Waals surface area contributed by atoms with Gasteiger partial charge in [-0.05, 0) is 36.6 Å². The Kier molecular flexibility index (Phi) is 10.8. The van der Waals surface area contributed by atoms with Crippen LogP contribution in [-0.4, -0.2) is 29.2 Å². The van der Waals surface area contributed by atoms with Crippen LogP contribution in [0.1, 0.15) is 54.0 Å². The molecule has 0 saturated carbocycles. The minimum Gasteiger partial charge on any atom is -0.481 e. The first kappa shape index (κ1) is 28.5. The largest absolute Gasteiger partial charge is 0.481 e. The van der Waals surface area contributed by atoms with Gasteiger partial charge in [0.25, 0.3) is 0 Å². The number of unbranched alkanes of at least 4 members (excludes halogenated alkanes) is 1. The van der Waals surface area contributed by atoms with E-state index in [1.54, 1.807) is 0 Å². The molecular formula is C34H35N3O3. The molecule has 6 heteroatoms. The van der Waals surface area contributed by atoms with Crippen LogP contribution in [-0.2, 0) is 16.1 Å². The second-order valence-electron chi connectivity index (χ2n) is 9.58. The highest BCUT2D eigenvalue weighted by Gasteiger charge is 2.19. The number of aliphatic imine (C=N–C) groups is 1. The molecule has 0 aliphatic heterocycles. The Morgan fingerprint density at radius 2 is 1.38 bits per heavy atom. The molecule has 0 spiro atoms. The Balaban J connectivity index is 1.48. The molecule has 0 bridgehead atoms. The predicted octanol–water partition coefficient (Wildman–Crippen LogP) is 6.64. The highest BCUT2D eigenvalue weighted by molar-refractivity contribution is 6.17. The topological polar surface area (TPSA) is 90.8 Å². The molecule has 4 rings (SSSR count). The Bertz CT molecular complexity index is 1390. The fourth-order valence-electron chi connectivity index (χ4n) is 4.51. The van der Waals surface area contributed by atoms with Crippen LogP contribution >= 0.6 is 0 Å². The van der Waals surface area contributed by atoms with E-state index < -0.39 is 12.0 Å². The number of amides is 1. The van der Waals surface area contributed by atoms with E-state index in [-0.39, 0.29) is 12.3 Å². The second-order valence-corrected chi connectivity index (χ2v) is 9.58. The lowest BCUT2D eigenvalue weighted by molar-refractivity contribution is -0.137. The Morgan fingerprint density at radius 1 is 0.750 bits per heavy atom. The SMILES string of the molecule is O=C(O)CC(N=C(c1ccccc1)c1ccccc1NC(=O)CCCCNCc1ccccc1)c1ccccc1. The number of benzene rings is 4. The van der Waals surface area contributed by atoms with Crippen molar-refractivity contribution in [3.8, 4) is 0 Å². The van der Waals surface area contributed by atoms with Crippen LogP contribution < -0.4 is 10.6 Å². The number of para-hydroxylation sites is 1. The summed E-state index contributed by atoms with van der Waals surface area (Å²) in [7, 11) is 0. The zero-order chi connectivity index (χ0) is 28.0. The van der Waals surface area contributed by atoms with Gasteiger partial charge in [-0.15, -0.1) is 0 Å². The van der Waals surface area contributed by atoms with Gasteiger partial charge >= 0.3 is 5.97 Å². The van der Waals surface area contributed by atoms with Crippen molar-refractivity contribution in [2.24, 2.45) is 4.99 Å². The molecule has 1 amide bonds. The monoisotopic (exact) mass is 533 g/mol. The van der Waals surface area contributed by atoms with Crippen LogP contribution in [0.15, 0.2) is 120 Å². The van der Waals surface area contributed by atoms with Crippen molar-refractivity contribution in [3.63, 3.8) is 0 Å². The fourth-order valence-corrected chi connectivity index (χ4v) is 4.51. The lowest BCUT2D eigenvalue weighted by Gasteiger charge is -2.18. The van der Waals surface area contributed by atoms with Crippen molar-refractivity contribution < 1.29 is 14.7 Å². The van der Waals surface area contributed by atoms with Gasteiger partial charge in [0.15, 0.2) is 0 Å². The average Bonchev–Trinajstić information content (AvgIpc) is 2.99. The number of carbonyl (C=O) groups is 2. The number of hydrogen-bond donors (Lipinski definition) is 3. The second kappa shape index (κ2) is 15.1. The van der Waals surface area contributed by atoms with Crippen molar-refractivity contribution in [2.75, 3.05) is 11.9 Å². The van der Waals surface area contributed by atoms with E-state index in [0.29, 0.717) is 17.8 Å². The molecule has 0 fully saturated rings. The lowest BCUT2D eigenvalue weighted by atomic mass is 9.98. The molecule has 0 aliphatic carbocycles. The van der Waals surface area contributed by atoms with Gasteiger partial charge in [0.1, 0.15) is 0 Å². The van der Waals surface area contributed by atoms with Crippen molar-refractivity contribution >= 4 is 23.3 Å². The Labute approximate surface area is 235 Å². The van der Waals surface area contributed by atoms with Gasteiger partial charge in [-0.25, -0.2) is 0 Å². The van der Waals surface area contributed by atoms with Crippen LogP contribution in [0.5, 0.6) is 0 Å². The molecule has 0 saturated heterocycles. The van der Waals surface area contributed by atoms with Crippen molar-refractivity contribution in [1.29, 1.82) is 0 Å². The molecule has 3 N–H and O–H groups in total. The van der Waals surface area contributed by atoms with Crippen LogP contribution in [0.3, 0.4) is 0 Å². The number of carboxylic acids is 1. The van der Waals surface area contributed by atoms with Gasteiger partial charge in [0.2, 0.25) is 5.91 Å². The van der Waals surface area contributed by atoms with E-state index in [0.717, 1.165) is 42.6 Å². The summed E-state index contributed by atoms with van der Waals surface area (Å²) in [5.41, 5.74) is 4.94. The molecule has 4 aromatic rings. The summed E-state index contributed by atoms with van der Waals surface area (Å²) in [6.07, 6.45) is 1.93. The third kappa shape index (κ3) is 8.75. The third-order valence-corrected chi connectivity index (χ3v) is 6.52. The summed E-state index contributed by atoms with van der Waals surface area (Å²) < 4.78 is 0. The standard InChI is InChI=1S/C34H35N3O3/c38-32(22-12-13-23-35-25-26-14-4-1-5-15-26)36-30-21-11-10-20-29(30)34(28-18-8-3-9-19-28)37-31(24-33(39)40)27-16-6-2-7-17-27/h1-11,14-21,31,35H,12-13,22-25H2,(H,36,38)(H,39,40). The summed E-state index contributed by atoms with van der Waals surface area (Å²) in [4.78, 5) is 29.7. The summed E-state index contributed by atoms with van der Waals surface area (Å²) >= 11 is 0. The van der Waals surface area contributed by atoms with E-state index in [4.69, 9.17) is 4.99 Å². The zero-order valence-corrected chi connectivity index (χ0v) is 22.5. The lowest BCUT2D eigenvalue weighted by Crippen LogP contribution is -2.18. The van der Waals surface area contributed by atoms with Gasteiger partial charge in [-0.2, -0.15) is 0 Å². The molecule has 0 aromatic heterocycles. The number of aliphatic carboxylic acids is 1. The van der Waals surface area contributed by atoms with Crippen LogP contribution in [0.25, 0.3) is 0 Å². The van der Waals surface area contributed by atoms with E-state index >= 15 is 0 Å². The molecule has 0 radical (unpaired) electrons. The first-order chi connectivity index (χ1) is 19.6. The molecular weight excluding hydrogens is 498 g/mol. The minimum absolute atomic E-state index is 0.0620. The van der Waals surface area contributed by atoms with E-state index in [2.05, 4.69) is 22.8 Å². The molecule has 6 nitrogen and oxygen atoms in total. The Hall–Kier alpha value is -4.55. The Morgan fingerprint density at radius 3 is 2.08 bits per heavy atom. The molecule has 40 heavy (non-hydrogen) atoms. The van der Waals surface area contributed by atoms with Crippen molar-refractivity contribution in [2.45, 2.75) is 38.3 Å². The smallest absolute Gasteiger partial charge is 0.305 e. The van der Waals surface area contributed by atoms with Crippen LogP contribution in [0.2, 0.25) is 0 Å². The normalized spacial score (nSPS) is 12.1. The first-order valence-electron chi connectivity index (χ1n) is 13.6. The predicted molar refractivity (Wildman–Crippen MR) is 161 cm³/mol.